The van der Waals surface area contributed by atoms with E-state index in [2.05, 4.69) is 218 Å². The van der Waals surface area contributed by atoms with E-state index in [0.717, 1.165) is 33.5 Å². The summed E-state index contributed by atoms with van der Waals surface area (Å²) in [7, 11) is 0. The third-order valence-corrected chi connectivity index (χ3v) is 13.0. The molecule has 2 nitrogen and oxygen atoms in total. The molecular formula is C61H40N2. The van der Waals surface area contributed by atoms with Crippen molar-refractivity contribution in [3.8, 4) is 67.3 Å². The van der Waals surface area contributed by atoms with Gasteiger partial charge in [-0.25, -0.2) is 9.97 Å². The average molecular weight is 801 g/mol. The van der Waals surface area contributed by atoms with Gasteiger partial charge < -0.3 is 0 Å². The van der Waals surface area contributed by atoms with E-state index in [1.165, 1.54) is 71.8 Å². The lowest BCUT2D eigenvalue weighted by molar-refractivity contribution is 0.771. The topological polar surface area (TPSA) is 25.8 Å². The van der Waals surface area contributed by atoms with Crippen LogP contribution < -0.4 is 0 Å². The van der Waals surface area contributed by atoms with Crippen molar-refractivity contribution >= 4 is 21.5 Å². The molecule has 0 amide bonds. The first kappa shape index (κ1) is 36.6. The minimum absolute atomic E-state index is 0.528. The van der Waals surface area contributed by atoms with Crippen LogP contribution in [0.5, 0.6) is 0 Å². The summed E-state index contributed by atoms with van der Waals surface area (Å²) in [6, 6.07) is 87.9. The summed E-state index contributed by atoms with van der Waals surface area (Å²) in [5.74, 6) is 0.711. The molecule has 63 heavy (non-hydrogen) atoms. The van der Waals surface area contributed by atoms with Gasteiger partial charge in [-0.3, -0.25) is 0 Å². The molecule has 10 aromatic carbocycles. The number of hydrogen-bond acceptors (Lipinski definition) is 2. The average Bonchev–Trinajstić information content (AvgIpc) is 3.66. The summed E-state index contributed by atoms with van der Waals surface area (Å²) < 4.78 is 0. The Hall–Kier alpha value is -8.20. The van der Waals surface area contributed by atoms with Crippen LogP contribution in [0.3, 0.4) is 0 Å². The first-order valence-corrected chi connectivity index (χ1v) is 21.6. The summed E-state index contributed by atoms with van der Waals surface area (Å²) in [4.78, 5) is 10.3. The Labute approximate surface area is 367 Å². The molecular weight excluding hydrogens is 761 g/mol. The highest BCUT2D eigenvalue weighted by Gasteiger charge is 2.47. The van der Waals surface area contributed by atoms with E-state index in [4.69, 9.17) is 9.97 Å². The van der Waals surface area contributed by atoms with E-state index in [1.807, 2.05) is 24.3 Å². The van der Waals surface area contributed by atoms with E-state index < -0.39 is 5.41 Å². The van der Waals surface area contributed by atoms with Crippen molar-refractivity contribution in [1.29, 1.82) is 0 Å². The Kier molecular flexibility index (Phi) is 8.76. The maximum Gasteiger partial charge on any atom is 0.160 e. The first-order valence-electron chi connectivity index (χ1n) is 21.6. The van der Waals surface area contributed by atoms with Gasteiger partial charge in [0, 0.05) is 16.7 Å². The fourth-order valence-electron chi connectivity index (χ4n) is 10.1. The predicted octanol–water partition coefficient (Wildman–Crippen LogP) is 15.5. The van der Waals surface area contributed by atoms with Crippen molar-refractivity contribution < 1.29 is 0 Å². The fourth-order valence-corrected chi connectivity index (χ4v) is 10.1. The van der Waals surface area contributed by atoms with Crippen LogP contribution in [-0.4, -0.2) is 9.97 Å². The van der Waals surface area contributed by atoms with Crippen LogP contribution in [0.25, 0.3) is 88.8 Å². The lowest BCUT2D eigenvalue weighted by Gasteiger charge is -2.35. The molecule has 2 heteroatoms. The Morgan fingerprint density at radius 1 is 0.286 bits per heavy atom. The number of benzene rings is 10. The SMILES string of the molecule is c1ccc(-c2cc(-c3ccc(-c4ccc(-c5cccc6c5C(c5ccccc5)(c5ccccc5)c5cc7ccccc7cc5-6)cc4)c4ccccc34)nc(-c3ccccc3)n2)cc1. The van der Waals surface area contributed by atoms with Crippen molar-refractivity contribution in [2.75, 3.05) is 0 Å². The maximum absolute atomic E-state index is 5.20. The van der Waals surface area contributed by atoms with Crippen molar-refractivity contribution in [3.63, 3.8) is 0 Å². The quantitative estimate of drug-likeness (QED) is 0.160. The number of fused-ring (bicyclic) bond motifs is 5. The number of aromatic nitrogens is 2. The molecule has 1 aliphatic carbocycles. The van der Waals surface area contributed by atoms with Crippen LogP contribution in [0.1, 0.15) is 22.3 Å². The van der Waals surface area contributed by atoms with Crippen LogP contribution in [0, 0.1) is 0 Å². The zero-order valence-electron chi connectivity index (χ0n) is 34.5. The van der Waals surface area contributed by atoms with Gasteiger partial charge in [-0.2, -0.15) is 0 Å². The summed E-state index contributed by atoms with van der Waals surface area (Å²) in [5, 5.41) is 4.83. The molecule has 0 saturated carbocycles. The highest BCUT2D eigenvalue weighted by atomic mass is 14.9. The zero-order chi connectivity index (χ0) is 41.7. The summed E-state index contributed by atoms with van der Waals surface area (Å²) in [6.45, 7) is 0. The van der Waals surface area contributed by atoms with Gasteiger partial charge in [0.1, 0.15) is 0 Å². The van der Waals surface area contributed by atoms with Crippen molar-refractivity contribution in [2.45, 2.75) is 5.41 Å². The van der Waals surface area contributed by atoms with Gasteiger partial charge in [-0.05, 0) is 95.4 Å². The Morgan fingerprint density at radius 3 is 1.43 bits per heavy atom. The van der Waals surface area contributed by atoms with Crippen LogP contribution in [0.4, 0.5) is 0 Å². The molecule has 1 aliphatic rings. The standard InChI is InChI=1S/C61H40N2/c1-5-18-43(19-6-1)57-40-58(63-60(62-57)44-20-7-2-8-21-44)53-37-36-49(51-28-15-16-29-52(51)53)41-32-34-42(35-33-41)50-30-17-31-54-55-38-45-22-13-14-23-46(45)39-56(55)61(59(50)54,47-24-9-3-10-25-47)48-26-11-4-12-27-48/h1-40H. The Balaban J connectivity index is 1.01. The van der Waals surface area contributed by atoms with Gasteiger partial charge in [0.05, 0.1) is 16.8 Å². The van der Waals surface area contributed by atoms with Crippen molar-refractivity contribution in [1.82, 2.24) is 9.97 Å². The molecule has 0 atom stereocenters. The van der Waals surface area contributed by atoms with E-state index >= 15 is 0 Å². The van der Waals surface area contributed by atoms with E-state index in [-0.39, 0.29) is 0 Å². The van der Waals surface area contributed by atoms with Crippen LogP contribution in [-0.2, 0) is 5.41 Å². The Bertz CT molecular complexity index is 3370. The second kappa shape index (κ2) is 15.1. The third kappa shape index (κ3) is 6.02. The molecule has 0 saturated heterocycles. The number of nitrogens with zero attached hydrogens (tertiary/aromatic N) is 2. The van der Waals surface area contributed by atoms with Gasteiger partial charge in [0.15, 0.2) is 5.82 Å². The lowest BCUT2D eigenvalue weighted by atomic mass is 9.66. The van der Waals surface area contributed by atoms with E-state index in [9.17, 15) is 0 Å². The first-order chi connectivity index (χ1) is 31.2. The van der Waals surface area contributed by atoms with Crippen LogP contribution in [0.2, 0.25) is 0 Å². The molecule has 11 aromatic rings. The molecule has 0 N–H and O–H groups in total. The molecule has 0 fully saturated rings. The molecule has 0 aliphatic heterocycles. The third-order valence-electron chi connectivity index (χ3n) is 13.0. The second-order valence-corrected chi connectivity index (χ2v) is 16.4. The van der Waals surface area contributed by atoms with E-state index in [0.29, 0.717) is 5.82 Å². The molecule has 1 aromatic heterocycles. The zero-order valence-corrected chi connectivity index (χ0v) is 34.5. The van der Waals surface area contributed by atoms with E-state index in [1.54, 1.807) is 0 Å². The smallest absolute Gasteiger partial charge is 0.160 e. The van der Waals surface area contributed by atoms with Gasteiger partial charge >= 0.3 is 0 Å². The number of rotatable bonds is 7. The molecule has 12 rings (SSSR count). The largest absolute Gasteiger partial charge is 0.228 e. The van der Waals surface area contributed by atoms with Gasteiger partial charge in [0.25, 0.3) is 0 Å². The fraction of sp³-hybridized carbons (Fsp3) is 0.0164. The summed E-state index contributed by atoms with van der Waals surface area (Å²) in [6.07, 6.45) is 0. The van der Waals surface area contributed by atoms with Gasteiger partial charge in [0.2, 0.25) is 0 Å². The van der Waals surface area contributed by atoms with Gasteiger partial charge in [-0.15, -0.1) is 0 Å². The lowest BCUT2D eigenvalue weighted by Crippen LogP contribution is -2.29. The summed E-state index contributed by atoms with van der Waals surface area (Å²) >= 11 is 0. The number of hydrogen-bond donors (Lipinski definition) is 0. The van der Waals surface area contributed by atoms with Crippen LogP contribution in [0.15, 0.2) is 243 Å². The van der Waals surface area contributed by atoms with Crippen molar-refractivity contribution in [3.05, 3.63) is 265 Å². The highest BCUT2D eigenvalue weighted by Crippen LogP contribution is 2.59. The Morgan fingerprint density at radius 2 is 0.778 bits per heavy atom. The normalized spacial score (nSPS) is 12.6. The second-order valence-electron chi connectivity index (χ2n) is 16.4. The summed E-state index contributed by atoms with van der Waals surface area (Å²) in [5.41, 5.74) is 16.9. The molecule has 0 spiro atoms. The van der Waals surface area contributed by atoms with Crippen LogP contribution >= 0.6 is 0 Å². The van der Waals surface area contributed by atoms with Crippen molar-refractivity contribution in [2.24, 2.45) is 0 Å². The molecule has 294 valence electrons. The predicted molar refractivity (Wildman–Crippen MR) is 262 cm³/mol. The maximum atomic E-state index is 5.20. The molecule has 0 radical (unpaired) electrons. The molecule has 0 unspecified atom stereocenters. The minimum Gasteiger partial charge on any atom is -0.228 e. The monoisotopic (exact) mass is 800 g/mol. The highest BCUT2D eigenvalue weighted by molar-refractivity contribution is 6.05. The molecule has 1 heterocycles. The minimum atomic E-state index is -0.528. The van der Waals surface area contributed by atoms with Gasteiger partial charge in [-0.1, -0.05) is 224 Å². The molecule has 0 bridgehead atoms.